The molecule has 0 radical (unpaired) electrons. The van der Waals surface area contributed by atoms with Crippen molar-refractivity contribution in [3.63, 3.8) is 0 Å². The zero-order valence-electron chi connectivity index (χ0n) is 22.0. The Kier molecular flexibility index (Phi) is 11.0. The molecule has 39 heavy (non-hydrogen) atoms. The van der Waals surface area contributed by atoms with E-state index in [9.17, 15) is 14.4 Å². The fourth-order valence-electron chi connectivity index (χ4n) is 3.44. The monoisotopic (exact) mass is 592 g/mol. The number of carbonyl (C=O) groups excluding carboxylic acids is 3. The number of aryl methyl sites for hydroxylation is 1. The van der Waals surface area contributed by atoms with Crippen LogP contribution in [-0.2, 0) is 27.4 Å². The SMILES string of the molecule is C=CCn1c(COc2cc(C)ccc2Cl)nnc1SCC(=O)Nc1sc(C(=O)OCC)c(C)c1C(=O)OCC. The van der Waals surface area contributed by atoms with E-state index in [-0.39, 0.29) is 41.0 Å². The first-order chi connectivity index (χ1) is 18.7. The Morgan fingerprint density at radius 1 is 1.15 bits per heavy atom. The highest BCUT2D eigenvalue weighted by atomic mass is 35.5. The number of ether oxygens (including phenoxy) is 3. The van der Waals surface area contributed by atoms with Crippen molar-refractivity contribution in [1.82, 2.24) is 14.8 Å². The standard InChI is InChI=1S/C26H29ClN4O6S2/c1-6-11-31-19(13-37-18-12-15(4)9-10-17(18)27)29-30-26(31)38-14-20(32)28-23-21(24(33)35-7-2)16(5)22(39-23)25(34)36-8-3/h6,9-10,12H,1,7-8,11,13-14H2,2-5H3,(H,28,32). The third-order valence-corrected chi connectivity index (χ3v) is 7.69. The fourth-order valence-corrected chi connectivity index (χ4v) is 5.49. The number of benzene rings is 1. The lowest BCUT2D eigenvalue weighted by atomic mass is 10.1. The second kappa shape index (κ2) is 14.2. The number of esters is 2. The van der Waals surface area contributed by atoms with E-state index in [0.717, 1.165) is 28.7 Å². The number of allylic oxidation sites excluding steroid dienone is 1. The van der Waals surface area contributed by atoms with Gasteiger partial charge in [-0.25, -0.2) is 9.59 Å². The van der Waals surface area contributed by atoms with Crippen LogP contribution < -0.4 is 10.1 Å². The van der Waals surface area contributed by atoms with Gasteiger partial charge < -0.3 is 19.5 Å². The maximum absolute atomic E-state index is 12.9. The maximum Gasteiger partial charge on any atom is 0.348 e. The van der Waals surface area contributed by atoms with E-state index in [2.05, 4.69) is 22.1 Å². The zero-order valence-corrected chi connectivity index (χ0v) is 24.4. The predicted octanol–water partition coefficient (Wildman–Crippen LogP) is 5.46. The van der Waals surface area contributed by atoms with Crippen molar-refractivity contribution in [2.75, 3.05) is 24.3 Å². The smallest absolute Gasteiger partial charge is 0.348 e. The minimum Gasteiger partial charge on any atom is -0.484 e. The number of hydrogen-bond donors (Lipinski definition) is 1. The highest BCUT2D eigenvalue weighted by Crippen LogP contribution is 2.34. The summed E-state index contributed by atoms with van der Waals surface area (Å²) in [5, 5.41) is 12.3. The van der Waals surface area contributed by atoms with Crippen LogP contribution in [0.1, 0.15) is 50.8 Å². The quantitative estimate of drug-likeness (QED) is 0.157. The van der Waals surface area contributed by atoms with Crippen molar-refractivity contribution >= 4 is 57.5 Å². The summed E-state index contributed by atoms with van der Waals surface area (Å²) < 4.78 is 17.9. The number of rotatable bonds is 13. The van der Waals surface area contributed by atoms with Crippen LogP contribution in [0.3, 0.4) is 0 Å². The van der Waals surface area contributed by atoms with Crippen LogP contribution >= 0.6 is 34.7 Å². The largest absolute Gasteiger partial charge is 0.484 e. The Bertz CT molecular complexity index is 1370. The molecule has 0 bridgehead atoms. The predicted molar refractivity (Wildman–Crippen MR) is 151 cm³/mol. The number of carbonyl (C=O) groups is 3. The van der Waals surface area contributed by atoms with E-state index in [1.54, 1.807) is 37.5 Å². The molecule has 2 aromatic heterocycles. The summed E-state index contributed by atoms with van der Waals surface area (Å²) in [6.07, 6.45) is 1.69. The van der Waals surface area contributed by atoms with E-state index in [1.165, 1.54) is 0 Å². The molecule has 1 aromatic carbocycles. The van der Waals surface area contributed by atoms with Crippen molar-refractivity contribution in [3.05, 3.63) is 63.3 Å². The van der Waals surface area contributed by atoms with Gasteiger partial charge in [0.2, 0.25) is 5.91 Å². The summed E-state index contributed by atoms with van der Waals surface area (Å²) in [6, 6.07) is 5.49. The second-order valence-corrected chi connectivity index (χ2v) is 10.4. The van der Waals surface area contributed by atoms with Gasteiger partial charge in [-0.2, -0.15) is 0 Å². The third-order valence-electron chi connectivity index (χ3n) is 5.22. The Balaban J connectivity index is 1.73. The van der Waals surface area contributed by atoms with Crippen LogP contribution in [0.15, 0.2) is 36.0 Å². The molecule has 208 valence electrons. The number of aromatic nitrogens is 3. The van der Waals surface area contributed by atoms with Gasteiger partial charge in [0.15, 0.2) is 11.0 Å². The molecule has 0 fully saturated rings. The first-order valence-electron chi connectivity index (χ1n) is 12.0. The van der Waals surface area contributed by atoms with Gasteiger partial charge in [0.05, 0.1) is 29.6 Å². The van der Waals surface area contributed by atoms with Gasteiger partial charge in [-0.3, -0.25) is 9.36 Å². The second-order valence-electron chi connectivity index (χ2n) is 8.06. The number of thiophene rings is 1. The van der Waals surface area contributed by atoms with Gasteiger partial charge in [-0.15, -0.1) is 28.1 Å². The number of nitrogens with one attached hydrogen (secondary N) is 1. The molecule has 3 rings (SSSR count). The summed E-state index contributed by atoms with van der Waals surface area (Å²) in [4.78, 5) is 38.1. The summed E-state index contributed by atoms with van der Waals surface area (Å²) in [5.41, 5.74) is 1.53. The molecular formula is C26H29ClN4O6S2. The highest BCUT2D eigenvalue weighted by molar-refractivity contribution is 7.99. The van der Waals surface area contributed by atoms with Crippen LogP contribution in [0.2, 0.25) is 5.02 Å². The number of anilines is 1. The van der Waals surface area contributed by atoms with Gasteiger partial charge in [0.1, 0.15) is 22.2 Å². The molecule has 0 aliphatic rings. The molecule has 10 nitrogen and oxygen atoms in total. The van der Waals surface area contributed by atoms with Crippen molar-refractivity contribution < 1.29 is 28.6 Å². The van der Waals surface area contributed by atoms with Gasteiger partial charge >= 0.3 is 11.9 Å². The first-order valence-corrected chi connectivity index (χ1v) is 14.2. The number of amides is 1. The van der Waals surface area contributed by atoms with Crippen LogP contribution in [0, 0.1) is 13.8 Å². The Morgan fingerprint density at radius 2 is 1.87 bits per heavy atom. The topological polar surface area (TPSA) is 122 Å². The summed E-state index contributed by atoms with van der Waals surface area (Å²) in [7, 11) is 0. The molecule has 1 amide bonds. The van der Waals surface area contributed by atoms with Crippen molar-refractivity contribution in [2.24, 2.45) is 0 Å². The molecule has 0 saturated carbocycles. The van der Waals surface area contributed by atoms with Gasteiger partial charge in [0, 0.05) is 6.54 Å². The van der Waals surface area contributed by atoms with Crippen LogP contribution in [0.4, 0.5) is 5.00 Å². The Labute approximate surface area is 239 Å². The highest BCUT2D eigenvalue weighted by Gasteiger charge is 2.27. The van der Waals surface area contributed by atoms with Crippen LogP contribution in [0.25, 0.3) is 0 Å². The molecule has 13 heteroatoms. The minimum absolute atomic E-state index is 0.0339. The average Bonchev–Trinajstić information content (AvgIpc) is 3.43. The van der Waals surface area contributed by atoms with Crippen LogP contribution in [0.5, 0.6) is 5.75 Å². The zero-order chi connectivity index (χ0) is 28.5. The van der Waals surface area contributed by atoms with E-state index >= 15 is 0 Å². The summed E-state index contributed by atoms with van der Waals surface area (Å²) in [6.45, 7) is 11.5. The molecule has 0 atom stereocenters. The van der Waals surface area contributed by atoms with Gasteiger partial charge in [-0.05, 0) is 51.0 Å². The first kappa shape index (κ1) is 30.2. The van der Waals surface area contributed by atoms with E-state index in [4.69, 9.17) is 25.8 Å². The lowest BCUT2D eigenvalue weighted by molar-refractivity contribution is -0.113. The molecule has 0 aliphatic carbocycles. The van der Waals surface area contributed by atoms with E-state index < -0.39 is 17.8 Å². The molecule has 0 saturated heterocycles. The molecule has 3 aromatic rings. The summed E-state index contributed by atoms with van der Waals surface area (Å²) in [5.74, 6) is -0.571. The third kappa shape index (κ3) is 7.61. The molecule has 0 spiro atoms. The molecule has 0 aliphatic heterocycles. The van der Waals surface area contributed by atoms with E-state index in [1.807, 2.05) is 19.1 Å². The molecule has 2 heterocycles. The maximum atomic E-state index is 12.9. The Hall–Kier alpha value is -3.35. The number of nitrogens with zero attached hydrogens (tertiary/aromatic N) is 3. The van der Waals surface area contributed by atoms with Crippen molar-refractivity contribution in [3.8, 4) is 5.75 Å². The molecule has 0 unspecified atom stereocenters. The van der Waals surface area contributed by atoms with Gasteiger partial charge in [-0.1, -0.05) is 35.5 Å². The average molecular weight is 593 g/mol. The van der Waals surface area contributed by atoms with Crippen molar-refractivity contribution in [2.45, 2.75) is 46.0 Å². The molecule has 1 N–H and O–H groups in total. The minimum atomic E-state index is -0.631. The number of thioether (sulfide) groups is 1. The summed E-state index contributed by atoms with van der Waals surface area (Å²) >= 11 is 8.35. The lowest BCUT2D eigenvalue weighted by Gasteiger charge is -2.11. The van der Waals surface area contributed by atoms with Crippen LogP contribution in [-0.4, -0.2) is 51.6 Å². The normalized spacial score (nSPS) is 10.7. The van der Waals surface area contributed by atoms with Gasteiger partial charge in [0.25, 0.3) is 0 Å². The number of hydrogen-bond acceptors (Lipinski definition) is 10. The number of halogens is 1. The fraction of sp³-hybridized carbons (Fsp3) is 0.346. The molecular weight excluding hydrogens is 564 g/mol. The lowest BCUT2D eigenvalue weighted by Crippen LogP contribution is -2.17. The van der Waals surface area contributed by atoms with E-state index in [0.29, 0.717) is 33.9 Å². The Morgan fingerprint density at radius 3 is 2.56 bits per heavy atom. The van der Waals surface area contributed by atoms with Crippen molar-refractivity contribution in [1.29, 1.82) is 0 Å².